The summed E-state index contributed by atoms with van der Waals surface area (Å²) in [5.74, 6) is -6.05. The molecule has 0 unspecified atom stereocenters. The zero-order valence-corrected chi connectivity index (χ0v) is 28.9. The molecule has 54 heavy (non-hydrogen) atoms. The average Bonchev–Trinajstić information content (AvgIpc) is 3.11. The molecule has 0 radical (unpaired) electrons. The van der Waals surface area contributed by atoms with Gasteiger partial charge in [0, 0.05) is 32.1 Å². The number of alkyl halides is 6. The van der Waals surface area contributed by atoms with Crippen molar-refractivity contribution in [2.24, 2.45) is 0 Å². The monoisotopic (exact) mass is 780 g/mol. The standard InChI is InChI=1S/C30H40N4O6.2C2HF3O2/c35-25-11-10-22(29-28(25)33-26(36)20-40-29)13-16-32-18-19-34(24-4-2-1-3-5-24)27(37)14-17-31-15-12-21-6-8-23(9-7-21)30(38)39;2*3-2(4,5)1(6)7/h6-11,24,31-32,35H,1-5,12-20H2,(H,33,36)(H,38,39);2*(H,6,7). The fourth-order valence-corrected chi connectivity index (χ4v) is 5.37. The molecule has 1 fully saturated rings. The molecule has 4 rings (SSSR count). The number of hydrogen-bond acceptors (Lipinski definition) is 9. The number of phenolic OH excluding ortho intramolecular Hbond substituents is 1. The first-order valence-corrected chi connectivity index (χ1v) is 16.7. The van der Waals surface area contributed by atoms with Gasteiger partial charge in [-0.2, -0.15) is 26.3 Å². The number of benzene rings is 2. The van der Waals surface area contributed by atoms with E-state index in [4.69, 9.17) is 29.6 Å². The predicted octanol–water partition coefficient (Wildman–Crippen LogP) is 4.20. The van der Waals surface area contributed by atoms with Crippen molar-refractivity contribution in [3.05, 3.63) is 53.1 Å². The average molecular weight is 781 g/mol. The number of carbonyl (C=O) groups is 5. The number of carbonyl (C=O) groups excluding carboxylic acids is 2. The minimum Gasteiger partial charge on any atom is -0.506 e. The van der Waals surface area contributed by atoms with Crippen molar-refractivity contribution in [1.82, 2.24) is 15.5 Å². The second-order valence-corrected chi connectivity index (χ2v) is 12.0. The molecular weight excluding hydrogens is 738 g/mol. The first kappa shape index (κ1) is 45.0. The summed E-state index contributed by atoms with van der Waals surface area (Å²) < 4.78 is 69.0. The van der Waals surface area contributed by atoms with E-state index in [0.29, 0.717) is 50.5 Å². The van der Waals surface area contributed by atoms with Crippen LogP contribution in [0.2, 0.25) is 0 Å². The van der Waals surface area contributed by atoms with E-state index in [9.17, 15) is 45.8 Å². The summed E-state index contributed by atoms with van der Waals surface area (Å²) >= 11 is 0. The second kappa shape index (κ2) is 21.6. The zero-order chi connectivity index (χ0) is 40.5. The summed E-state index contributed by atoms with van der Waals surface area (Å²) in [6, 6.07) is 10.5. The SMILES string of the molecule is O=C(O)C(F)(F)F.O=C(O)C(F)(F)F.O=C1COc2c(CCNCCN(C(=O)CCNCCc3ccc(C(=O)O)cc3)C3CCCCC3)ccc(O)c2N1. The van der Waals surface area contributed by atoms with Crippen molar-refractivity contribution in [3.63, 3.8) is 0 Å². The lowest BCUT2D eigenvalue weighted by Gasteiger charge is -2.34. The molecule has 2 aromatic carbocycles. The van der Waals surface area contributed by atoms with Crippen molar-refractivity contribution in [2.45, 2.75) is 69.8 Å². The molecule has 1 aliphatic carbocycles. The zero-order valence-electron chi connectivity index (χ0n) is 28.9. The lowest BCUT2D eigenvalue weighted by molar-refractivity contribution is -0.193. The van der Waals surface area contributed by atoms with Crippen LogP contribution in [-0.2, 0) is 32.0 Å². The number of nitrogens with one attached hydrogen (secondary N) is 3. The first-order valence-electron chi connectivity index (χ1n) is 16.7. The van der Waals surface area contributed by atoms with Gasteiger partial charge in [0.15, 0.2) is 12.4 Å². The first-order chi connectivity index (χ1) is 25.3. The molecule has 0 aromatic heterocycles. The molecule has 0 bridgehead atoms. The third kappa shape index (κ3) is 15.9. The summed E-state index contributed by atoms with van der Waals surface area (Å²) in [5, 5.41) is 42.8. The Morgan fingerprint density at radius 3 is 1.91 bits per heavy atom. The highest BCUT2D eigenvalue weighted by molar-refractivity contribution is 5.97. The number of fused-ring (bicyclic) bond motifs is 1. The third-order valence-corrected chi connectivity index (χ3v) is 8.06. The van der Waals surface area contributed by atoms with Crippen LogP contribution in [0.5, 0.6) is 11.5 Å². The van der Waals surface area contributed by atoms with E-state index in [1.54, 1.807) is 18.2 Å². The number of amides is 2. The van der Waals surface area contributed by atoms with E-state index < -0.39 is 30.3 Å². The number of halogens is 6. The van der Waals surface area contributed by atoms with Crippen LogP contribution in [0.15, 0.2) is 36.4 Å². The number of phenols is 1. The minimum atomic E-state index is -5.08. The minimum absolute atomic E-state index is 0.00900. The number of aromatic hydroxyl groups is 1. The Bertz CT molecular complexity index is 1540. The molecule has 2 aliphatic rings. The van der Waals surface area contributed by atoms with Gasteiger partial charge < -0.3 is 46.0 Å². The quantitative estimate of drug-likeness (QED) is 0.0816. The molecule has 1 heterocycles. The molecule has 7 N–H and O–H groups in total. The van der Waals surface area contributed by atoms with E-state index in [1.807, 2.05) is 18.2 Å². The Morgan fingerprint density at radius 2 is 1.35 bits per heavy atom. The summed E-state index contributed by atoms with van der Waals surface area (Å²) in [6.07, 6.45) is -2.65. The second-order valence-electron chi connectivity index (χ2n) is 12.0. The molecule has 20 heteroatoms. The van der Waals surface area contributed by atoms with E-state index in [2.05, 4.69) is 20.9 Å². The van der Waals surface area contributed by atoms with Crippen LogP contribution in [0.4, 0.5) is 32.0 Å². The van der Waals surface area contributed by atoms with Crippen LogP contribution in [0.1, 0.15) is 60.0 Å². The largest absolute Gasteiger partial charge is 0.506 e. The summed E-state index contributed by atoms with van der Waals surface area (Å²) in [4.78, 5) is 55.7. The Balaban J connectivity index is 0.000000610. The van der Waals surface area contributed by atoms with Gasteiger partial charge in [-0.05, 0) is 68.1 Å². The number of rotatable bonds is 14. The molecule has 1 saturated carbocycles. The number of anilines is 1. The van der Waals surface area contributed by atoms with Crippen molar-refractivity contribution in [3.8, 4) is 11.5 Å². The number of hydrogen-bond donors (Lipinski definition) is 7. The van der Waals surface area contributed by atoms with Crippen molar-refractivity contribution >= 4 is 35.4 Å². The number of nitrogens with zero attached hydrogens (tertiary/aromatic N) is 1. The highest BCUT2D eigenvalue weighted by Crippen LogP contribution is 2.39. The van der Waals surface area contributed by atoms with Gasteiger partial charge in [0.25, 0.3) is 5.91 Å². The molecule has 0 spiro atoms. The van der Waals surface area contributed by atoms with Gasteiger partial charge in [-0.3, -0.25) is 9.59 Å². The van der Waals surface area contributed by atoms with Gasteiger partial charge >= 0.3 is 30.3 Å². The van der Waals surface area contributed by atoms with Crippen LogP contribution in [-0.4, -0.2) is 113 Å². The fraction of sp³-hybridized carbons (Fsp3) is 0.500. The van der Waals surface area contributed by atoms with E-state index in [0.717, 1.165) is 49.8 Å². The van der Waals surface area contributed by atoms with Gasteiger partial charge in [-0.15, -0.1) is 0 Å². The molecule has 0 atom stereocenters. The van der Waals surface area contributed by atoms with Crippen molar-refractivity contribution < 1.29 is 75.5 Å². The number of aromatic carboxylic acids is 1. The maximum Gasteiger partial charge on any atom is 0.490 e. The smallest absolute Gasteiger partial charge is 0.490 e. The van der Waals surface area contributed by atoms with Gasteiger partial charge in [-0.1, -0.05) is 37.5 Å². The van der Waals surface area contributed by atoms with E-state index in [-0.39, 0.29) is 35.8 Å². The topological polar surface area (TPSA) is 215 Å². The molecule has 0 saturated heterocycles. The lowest BCUT2D eigenvalue weighted by Crippen LogP contribution is -2.45. The number of carboxylic acid groups (broad SMARTS) is 3. The molecule has 1 aliphatic heterocycles. The molecule has 2 amide bonds. The van der Waals surface area contributed by atoms with Gasteiger partial charge in [0.2, 0.25) is 5.91 Å². The van der Waals surface area contributed by atoms with Crippen LogP contribution < -0.4 is 20.7 Å². The van der Waals surface area contributed by atoms with Crippen LogP contribution in [0, 0.1) is 0 Å². The predicted molar refractivity (Wildman–Crippen MR) is 179 cm³/mol. The summed E-state index contributed by atoms with van der Waals surface area (Å²) in [5.41, 5.74) is 2.57. The summed E-state index contributed by atoms with van der Waals surface area (Å²) in [6.45, 7) is 3.27. The maximum absolute atomic E-state index is 13.2. The van der Waals surface area contributed by atoms with Gasteiger partial charge in [0.1, 0.15) is 11.4 Å². The van der Waals surface area contributed by atoms with Gasteiger partial charge in [0.05, 0.1) is 5.56 Å². The Hall–Kier alpha value is -5.11. The molecule has 300 valence electrons. The molecule has 2 aromatic rings. The van der Waals surface area contributed by atoms with Crippen LogP contribution >= 0.6 is 0 Å². The fourth-order valence-electron chi connectivity index (χ4n) is 5.37. The van der Waals surface area contributed by atoms with E-state index >= 15 is 0 Å². The number of ether oxygens (including phenoxy) is 1. The van der Waals surface area contributed by atoms with Crippen LogP contribution in [0.25, 0.3) is 0 Å². The normalized spacial score (nSPS) is 14.1. The Morgan fingerprint density at radius 1 is 0.796 bits per heavy atom. The summed E-state index contributed by atoms with van der Waals surface area (Å²) in [7, 11) is 0. The van der Waals surface area contributed by atoms with Crippen molar-refractivity contribution in [1.29, 1.82) is 0 Å². The van der Waals surface area contributed by atoms with Crippen molar-refractivity contribution in [2.75, 3.05) is 44.6 Å². The Labute approximate surface area is 305 Å². The highest BCUT2D eigenvalue weighted by Gasteiger charge is 2.39. The highest BCUT2D eigenvalue weighted by atomic mass is 19.4. The molecular formula is C34H42F6N4O10. The third-order valence-electron chi connectivity index (χ3n) is 8.06. The molecule has 14 nitrogen and oxygen atoms in total. The van der Waals surface area contributed by atoms with Gasteiger partial charge in [-0.25, -0.2) is 14.4 Å². The Kier molecular flexibility index (Phi) is 18.0. The van der Waals surface area contributed by atoms with E-state index in [1.165, 1.54) is 6.42 Å². The van der Waals surface area contributed by atoms with Crippen LogP contribution in [0.3, 0.4) is 0 Å². The number of aliphatic carboxylic acids is 2. The number of carboxylic acids is 3. The maximum atomic E-state index is 13.2. The lowest BCUT2D eigenvalue weighted by atomic mass is 9.94.